The SMILES string of the molecule is Cc1cc(C(F)(F)F)n(-c2ccc(C(=O)Cc3ccccc3Cl)cc2[N+](=O)[O-])n1. The molecule has 10 heteroatoms. The van der Waals surface area contributed by atoms with Gasteiger partial charge in [0, 0.05) is 23.1 Å². The van der Waals surface area contributed by atoms with Crippen LogP contribution in [0, 0.1) is 17.0 Å². The summed E-state index contributed by atoms with van der Waals surface area (Å²) in [5.41, 5.74) is -1.63. The molecule has 0 amide bonds. The van der Waals surface area contributed by atoms with Gasteiger partial charge in [-0.2, -0.15) is 18.3 Å². The van der Waals surface area contributed by atoms with Crippen molar-refractivity contribution in [3.8, 4) is 5.69 Å². The van der Waals surface area contributed by atoms with Gasteiger partial charge in [0.15, 0.2) is 5.78 Å². The van der Waals surface area contributed by atoms with Crippen molar-refractivity contribution in [1.29, 1.82) is 0 Å². The van der Waals surface area contributed by atoms with Crippen LogP contribution in [0.1, 0.15) is 27.3 Å². The summed E-state index contributed by atoms with van der Waals surface area (Å²) in [5.74, 6) is -0.458. The number of Topliss-reactive ketones (excluding diaryl/α,β-unsaturated/α-hetero) is 1. The predicted octanol–water partition coefficient (Wildman–Crippen LogP) is 5.19. The van der Waals surface area contributed by atoms with Crippen molar-refractivity contribution in [3.63, 3.8) is 0 Å². The summed E-state index contributed by atoms with van der Waals surface area (Å²) in [5, 5.41) is 15.6. The van der Waals surface area contributed by atoms with Crippen LogP contribution >= 0.6 is 11.6 Å². The van der Waals surface area contributed by atoms with Gasteiger partial charge in [-0.25, -0.2) is 4.68 Å². The minimum Gasteiger partial charge on any atom is -0.294 e. The number of aryl methyl sites for hydroxylation is 1. The standard InChI is InChI=1S/C19H13ClF3N3O3/c1-11-8-18(19(21,22)23)25(24-11)15-7-6-13(9-16(15)26(28)29)17(27)10-12-4-2-3-5-14(12)20/h2-9H,10H2,1H3. The minimum absolute atomic E-state index is 0.0159. The number of halogens is 4. The highest BCUT2D eigenvalue weighted by Crippen LogP contribution is 2.34. The molecule has 3 rings (SSSR count). The summed E-state index contributed by atoms with van der Waals surface area (Å²) in [7, 11) is 0. The molecule has 1 heterocycles. The van der Waals surface area contributed by atoms with Crippen molar-refractivity contribution in [2.24, 2.45) is 0 Å². The van der Waals surface area contributed by atoms with Gasteiger partial charge in [-0.05, 0) is 36.8 Å². The van der Waals surface area contributed by atoms with Gasteiger partial charge in [-0.1, -0.05) is 29.8 Å². The predicted molar refractivity (Wildman–Crippen MR) is 99.4 cm³/mol. The fourth-order valence-electron chi connectivity index (χ4n) is 2.82. The van der Waals surface area contributed by atoms with E-state index in [1.54, 1.807) is 24.3 Å². The molecule has 0 atom stereocenters. The molecule has 29 heavy (non-hydrogen) atoms. The Morgan fingerprint density at radius 3 is 2.52 bits per heavy atom. The lowest BCUT2D eigenvalue weighted by Crippen LogP contribution is -2.15. The highest BCUT2D eigenvalue weighted by atomic mass is 35.5. The molecule has 150 valence electrons. The second kappa shape index (κ2) is 7.67. The van der Waals surface area contributed by atoms with Gasteiger partial charge in [0.2, 0.25) is 0 Å². The average Bonchev–Trinajstić information content (AvgIpc) is 3.05. The Bertz CT molecular complexity index is 1110. The number of ketones is 1. The fraction of sp³-hybridized carbons (Fsp3) is 0.158. The number of benzene rings is 2. The van der Waals surface area contributed by atoms with Crippen LogP contribution in [0.2, 0.25) is 5.02 Å². The van der Waals surface area contributed by atoms with Crippen LogP contribution in [-0.2, 0) is 12.6 Å². The summed E-state index contributed by atoms with van der Waals surface area (Å²) in [6, 6.07) is 10.7. The van der Waals surface area contributed by atoms with E-state index in [1.807, 2.05) is 0 Å². The quantitative estimate of drug-likeness (QED) is 0.321. The largest absolute Gasteiger partial charge is 0.433 e. The average molecular weight is 424 g/mol. The minimum atomic E-state index is -4.76. The van der Waals surface area contributed by atoms with Crippen LogP contribution < -0.4 is 0 Å². The molecule has 0 saturated heterocycles. The smallest absolute Gasteiger partial charge is 0.294 e. The molecule has 0 spiro atoms. The van der Waals surface area contributed by atoms with Crippen LogP contribution in [0.5, 0.6) is 0 Å². The van der Waals surface area contributed by atoms with Gasteiger partial charge >= 0.3 is 6.18 Å². The number of nitro groups is 1. The van der Waals surface area contributed by atoms with Gasteiger partial charge in [0.1, 0.15) is 11.4 Å². The zero-order chi connectivity index (χ0) is 21.3. The lowest BCUT2D eigenvalue weighted by Gasteiger charge is -2.11. The van der Waals surface area contributed by atoms with Gasteiger partial charge in [0.05, 0.1) is 10.6 Å². The molecule has 0 aliphatic rings. The summed E-state index contributed by atoms with van der Waals surface area (Å²) < 4.78 is 40.3. The Balaban J connectivity index is 2.04. The summed E-state index contributed by atoms with van der Waals surface area (Å²) in [6.45, 7) is 1.35. The van der Waals surface area contributed by atoms with Gasteiger partial charge in [-0.15, -0.1) is 0 Å². The second-order valence-electron chi connectivity index (χ2n) is 6.23. The number of hydrogen-bond acceptors (Lipinski definition) is 4. The van der Waals surface area contributed by atoms with Crippen LogP contribution in [0.15, 0.2) is 48.5 Å². The third kappa shape index (κ3) is 4.29. The van der Waals surface area contributed by atoms with E-state index in [1.165, 1.54) is 13.0 Å². The van der Waals surface area contributed by atoms with Crippen LogP contribution in [0.4, 0.5) is 18.9 Å². The monoisotopic (exact) mass is 423 g/mol. The highest BCUT2D eigenvalue weighted by Gasteiger charge is 2.37. The van der Waals surface area contributed by atoms with Crippen LogP contribution in [-0.4, -0.2) is 20.5 Å². The molecule has 0 radical (unpaired) electrons. The Morgan fingerprint density at radius 2 is 1.90 bits per heavy atom. The first kappa shape index (κ1) is 20.5. The third-order valence-electron chi connectivity index (χ3n) is 4.15. The summed E-state index contributed by atoms with van der Waals surface area (Å²) in [4.78, 5) is 23.2. The first-order chi connectivity index (χ1) is 13.6. The number of alkyl halides is 3. The number of rotatable bonds is 5. The van der Waals surface area contributed by atoms with Crippen molar-refractivity contribution in [2.75, 3.05) is 0 Å². The van der Waals surface area contributed by atoms with E-state index in [2.05, 4.69) is 5.10 Å². The topological polar surface area (TPSA) is 78.0 Å². The number of hydrogen-bond donors (Lipinski definition) is 0. The van der Waals surface area contributed by atoms with E-state index < -0.39 is 28.3 Å². The maximum absolute atomic E-state index is 13.3. The van der Waals surface area contributed by atoms with Gasteiger partial charge in [-0.3, -0.25) is 14.9 Å². The molecular formula is C19H13ClF3N3O3. The molecule has 6 nitrogen and oxygen atoms in total. The Hall–Kier alpha value is -3.20. The van der Waals surface area contributed by atoms with Crippen molar-refractivity contribution in [3.05, 3.63) is 86.2 Å². The van der Waals surface area contributed by atoms with Crippen molar-refractivity contribution >= 4 is 23.1 Å². The molecule has 2 aromatic carbocycles. The van der Waals surface area contributed by atoms with Crippen molar-refractivity contribution in [1.82, 2.24) is 9.78 Å². The van der Waals surface area contributed by atoms with E-state index in [0.29, 0.717) is 15.3 Å². The fourth-order valence-corrected chi connectivity index (χ4v) is 3.03. The van der Waals surface area contributed by atoms with E-state index >= 15 is 0 Å². The lowest BCUT2D eigenvalue weighted by atomic mass is 10.0. The molecule has 0 bridgehead atoms. The molecule has 0 unspecified atom stereocenters. The summed E-state index contributed by atoms with van der Waals surface area (Å²) in [6.07, 6.45) is -4.86. The maximum atomic E-state index is 13.3. The van der Waals surface area contributed by atoms with Gasteiger partial charge in [0.25, 0.3) is 5.69 Å². The number of carbonyl (C=O) groups is 1. The number of nitro benzene ring substituents is 1. The first-order valence-electron chi connectivity index (χ1n) is 8.27. The highest BCUT2D eigenvalue weighted by molar-refractivity contribution is 6.31. The van der Waals surface area contributed by atoms with E-state index in [4.69, 9.17) is 11.6 Å². The third-order valence-corrected chi connectivity index (χ3v) is 4.52. The molecule has 0 aliphatic heterocycles. The second-order valence-corrected chi connectivity index (χ2v) is 6.64. The Kier molecular flexibility index (Phi) is 5.43. The van der Waals surface area contributed by atoms with E-state index in [9.17, 15) is 28.1 Å². The zero-order valence-corrected chi connectivity index (χ0v) is 15.7. The summed E-state index contributed by atoms with van der Waals surface area (Å²) >= 11 is 6.03. The van der Waals surface area contributed by atoms with Crippen molar-refractivity contribution in [2.45, 2.75) is 19.5 Å². The molecule has 3 aromatic rings. The normalized spacial score (nSPS) is 11.5. The van der Waals surface area contributed by atoms with Crippen LogP contribution in [0.25, 0.3) is 5.69 Å². The molecular weight excluding hydrogens is 411 g/mol. The van der Waals surface area contributed by atoms with E-state index in [0.717, 1.165) is 18.2 Å². The van der Waals surface area contributed by atoms with Crippen LogP contribution in [0.3, 0.4) is 0 Å². The molecule has 0 N–H and O–H groups in total. The molecule has 0 saturated carbocycles. The van der Waals surface area contributed by atoms with Crippen molar-refractivity contribution < 1.29 is 22.9 Å². The lowest BCUT2D eigenvalue weighted by molar-refractivity contribution is -0.384. The maximum Gasteiger partial charge on any atom is 0.433 e. The number of carbonyl (C=O) groups excluding carboxylic acids is 1. The first-order valence-corrected chi connectivity index (χ1v) is 8.65. The molecule has 0 aliphatic carbocycles. The zero-order valence-electron chi connectivity index (χ0n) is 14.9. The Labute approximate surface area is 167 Å². The van der Waals surface area contributed by atoms with E-state index in [-0.39, 0.29) is 23.4 Å². The van der Waals surface area contributed by atoms with Gasteiger partial charge < -0.3 is 0 Å². The molecule has 0 fully saturated rings. The number of nitrogens with zero attached hydrogens (tertiary/aromatic N) is 3. The Morgan fingerprint density at radius 1 is 1.21 bits per heavy atom. The molecule has 1 aromatic heterocycles. The number of aromatic nitrogens is 2.